The van der Waals surface area contributed by atoms with Gasteiger partial charge in [0, 0.05) is 39.1 Å². The van der Waals surface area contributed by atoms with Crippen LogP contribution in [0.15, 0.2) is 24.3 Å². The van der Waals surface area contributed by atoms with Crippen LogP contribution in [-0.2, 0) is 19.6 Å². The predicted octanol–water partition coefficient (Wildman–Crippen LogP) is 0.542. The number of amides is 2. The molecule has 0 atom stereocenters. The maximum absolute atomic E-state index is 12.4. The molecule has 0 aliphatic carbocycles. The van der Waals surface area contributed by atoms with Gasteiger partial charge in [-0.3, -0.25) is 13.9 Å². The highest BCUT2D eigenvalue weighted by Crippen LogP contribution is 2.30. The molecule has 1 aromatic rings. The van der Waals surface area contributed by atoms with Crippen LogP contribution in [0.2, 0.25) is 0 Å². The molecule has 0 spiro atoms. The van der Waals surface area contributed by atoms with Crippen molar-refractivity contribution in [1.82, 2.24) is 9.80 Å². The second-order valence-electron chi connectivity index (χ2n) is 6.01. The molecule has 0 bridgehead atoms. The number of anilines is 1. The molecule has 2 amide bonds. The van der Waals surface area contributed by atoms with E-state index in [2.05, 4.69) is 0 Å². The number of carbonyl (C=O) groups excluding carboxylic acids is 2. The Hall–Kier alpha value is -2.29. The Morgan fingerprint density at radius 2 is 1.88 bits per heavy atom. The van der Waals surface area contributed by atoms with Crippen molar-refractivity contribution in [2.45, 2.75) is 13.3 Å². The molecule has 1 aliphatic heterocycles. The molecule has 26 heavy (non-hydrogen) atoms. The van der Waals surface area contributed by atoms with Crippen molar-refractivity contribution >= 4 is 28.0 Å². The Kier molecular flexibility index (Phi) is 6.84. The third kappa shape index (κ3) is 5.10. The summed E-state index contributed by atoms with van der Waals surface area (Å²) in [4.78, 5) is 26.5. The molecule has 2 rings (SSSR count). The van der Waals surface area contributed by atoms with E-state index in [0.29, 0.717) is 44.2 Å². The Labute approximate surface area is 154 Å². The number of benzene rings is 1. The lowest BCUT2D eigenvalue weighted by Crippen LogP contribution is -2.48. The fraction of sp³-hybridized carbons (Fsp3) is 0.529. The van der Waals surface area contributed by atoms with E-state index in [0.717, 1.165) is 12.7 Å². The summed E-state index contributed by atoms with van der Waals surface area (Å²) in [5.74, 6) is 0.338. The van der Waals surface area contributed by atoms with Gasteiger partial charge in [0.05, 0.1) is 18.6 Å². The van der Waals surface area contributed by atoms with Gasteiger partial charge in [0.1, 0.15) is 5.75 Å². The topological polar surface area (TPSA) is 87.2 Å². The van der Waals surface area contributed by atoms with Crippen LogP contribution in [0.3, 0.4) is 0 Å². The smallest absolute Gasteiger partial charge is 0.232 e. The first-order chi connectivity index (χ1) is 12.4. The lowest BCUT2D eigenvalue weighted by Gasteiger charge is -2.33. The van der Waals surface area contributed by atoms with Crippen LogP contribution < -0.4 is 9.04 Å². The number of para-hydroxylation sites is 2. The average Bonchev–Trinajstić information content (AvgIpc) is 2.62. The van der Waals surface area contributed by atoms with Crippen molar-refractivity contribution in [2.24, 2.45) is 0 Å². The van der Waals surface area contributed by atoms with Crippen molar-refractivity contribution in [3.63, 3.8) is 0 Å². The van der Waals surface area contributed by atoms with E-state index in [-0.39, 0.29) is 18.9 Å². The molecule has 0 N–H and O–H groups in total. The Balaban J connectivity index is 2.08. The molecule has 0 radical (unpaired) electrons. The summed E-state index contributed by atoms with van der Waals surface area (Å²) in [5, 5.41) is 0. The number of ether oxygens (including phenoxy) is 1. The fourth-order valence-electron chi connectivity index (χ4n) is 2.84. The summed E-state index contributed by atoms with van der Waals surface area (Å²) in [6, 6.07) is 6.87. The van der Waals surface area contributed by atoms with E-state index >= 15 is 0 Å². The van der Waals surface area contributed by atoms with E-state index in [1.165, 1.54) is 4.31 Å². The van der Waals surface area contributed by atoms with E-state index in [1.54, 1.807) is 34.1 Å². The van der Waals surface area contributed by atoms with Crippen LogP contribution in [0.1, 0.15) is 13.3 Å². The highest BCUT2D eigenvalue weighted by atomic mass is 32.2. The summed E-state index contributed by atoms with van der Waals surface area (Å²) in [7, 11) is -3.57. The molecular weight excluding hydrogens is 358 g/mol. The van der Waals surface area contributed by atoms with Gasteiger partial charge in [0.25, 0.3) is 0 Å². The summed E-state index contributed by atoms with van der Waals surface area (Å²) in [5.41, 5.74) is 0.426. The monoisotopic (exact) mass is 383 g/mol. The first-order valence-corrected chi connectivity index (χ1v) is 10.4. The number of nitrogens with zero attached hydrogens (tertiary/aromatic N) is 3. The minimum atomic E-state index is -3.57. The van der Waals surface area contributed by atoms with Gasteiger partial charge < -0.3 is 14.5 Å². The Morgan fingerprint density at radius 3 is 2.46 bits per heavy atom. The molecule has 1 heterocycles. The molecule has 8 nitrogen and oxygen atoms in total. The van der Waals surface area contributed by atoms with Gasteiger partial charge in [-0.1, -0.05) is 12.1 Å². The quantitative estimate of drug-likeness (QED) is 0.612. The predicted molar refractivity (Wildman–Crippen MR) is 98.6 cm³/mol. The number of sulfonamides is 1. The molecule has 9 heteroatoms. The van der Waals surface area contributed by atoms with Gasteiger partial charge >= 0.3 is 0 Å². The van der Waals surface area contributed by atoms with E-state index in [1.807, 2.05) is 6.92 Å². The van der Waals surface area contributed by atoms with Crippen LogP contribution >= 0.6 is 0 Å². The molecule has 0 saturated carbocycles. The van der Waals surface area contributed by atoms with Gasteiger partial charge in [-0.05, 0) is 19.1 Å². The molecule has 0 aromatic heterocycles. The number of hydrogen-bond donors (Lipinski definition) is 0. The first kappa shape index (κ1) is 20.0. The van der Waals surface area contributed by atoms with Gasteiger partial charge in [-0.15, -0.1) is 0 Å². The zero-order valence-corrected chi connectivity index (χ0v) is 15.9. The van der Waals surface area contributed by atoms with Crippen molar-refractivity contribution in [3.05, 3.63) is 24.3 Å². The van der Waals surface area contributed by atoms with Crippen LogP contribution in [0.25, 0.3) is 0 Å². The zero-order valence-electron chi connectivity index (χ0n) is 15.1. The summed E-state index contributed by atoms with van der Waals surface area (Å²) in [6.45, 7) is 4.20. The largest absolute Gasteiger partial charge is 0.492 e. The van der Waals surface area contributed by atoms with Gasteiger partial charge in [0.15, 0.2) is 0 Å². The molecule has 1 aliphatic rings. The second-order valence-corrected chi connectivity index (χ2v) is 7.91. The SMILES string of the molecule is CCOc1ccccc1N(CCC(=O)N1CCN(C=O)CC1)S(C)(=O)=O. The highest BCUT2D eigenvalue weighted by Gasteiger charge is 2.25. The molecule has 1 fully saturated rings. The van der Waals surface area contributed by atoms with E-state index in [4.69, 9.17) is 4.74 Å². The van der Waals surface area contributed by atoms with Crippen LogP contribution in [0.4, 0.5) is 5.69 Å². The highest BCUT2D eigenvalue weighted by molar-refractivity contribution is 7.92. The molecule has 144 valence electrons. The van der Waals surface area contributed by atoms with E-state index in [9.17, 15) is 18.0 Å². The summed E-state index contributed by atoms with van der Waals surface area (Å²) < 4.78 is 31.2. The maximum atomic E-state index is 12.4. The van der Waals surface area contributed by atoms with Crippen molar-refractivity contribution in [1.29, 1.82) is 0 Å². The number of piperazine rings is 1. The normalized spacial score (nSPS) is 14.8. The third-order valence-corrected chi connectivity index (χ3v) is 5.36. The van der Waals surface area contributed by atoms with Crippen LogP contribution in [-0.4, -0.2) is 76.1 Å². The van der Waals surface area contributed by atoms with Crippen LogP contribution in [0.5, 0.6) is 5.75 Å². The van der Waals surface area contributed by atoms with Crippen molar-refractivity contribution in [2.75, 3.05) is 49.9 Å². The van der Waals surface area contributed by atoms with E-state index < -0.39 is 10.0 Å². The summed E-state index contributed by atoms with van der Waals surface area (Å²) >= 11 is 0. The average molecular weight is 383 g/mol. The Bertz CT molecular complexity index is 730. The minimum absolute atomic E-state index is 0.0374. The number of carbonyl (C=O) groups is 2. The fourth-order valence-corrected chi connectivity index (χ4v) is 3.77. The molecule has 1 saturated heterocycles. The van der Waals surface area contributed by atoms with Gasteiger partial charge in [0.2, 0.25) is 22.3 Å². The molecule has 0 unspecified atom stereocenters. The molecular formula is C17H25N3O5S. The van der Waals surface area contributed by atoms with Crippen LogP contribution in [0, 0.1) is 0 Å². The Morgan fingerprint density at radius 1 is 1.23 bits per heavy atom. The van der Waals surface area contributed by atoms with Gasteiger partial charge in [-0.25, -0.2) is 8.42 Å². The molecule has 1 aromatic carbocycles. The maximum Gasteiger partial charge on any atom is 0.232 e. The lowest BCUT2D eigenvalue weighted by molar-refractivity contribution is -0.134. The standard InChI is InChI=1S/C17H25N3O5S/c1-3-25-16-7-5-4-6-15(16)20(26(2,23)24)9-8-17(22)19-12-10-18(14-21)11-13-19/h4-7,14H,3,8-13H2,1-2H3. The summed E-state index contributed by atoms with van der Waals surface area (Å²) in [6.07, 6.45) is 1.95. The number of rotatable bonds is 8. The zero-order chi connectivity index (χ0) is 19.2. The van der Waals surface area contributed by atoms with Crippen molar-refractivity contribution < 1.29 is 22.7 Å². The minimum Gasteiger partial charge on any atom is -0.492 e. The third-order valence-electron chi connectivity index (χ3n) is 4.18. The second kappa shape index (κ2) is 8.88. The first-order valence-electron chi connectivity index (χ1n) is 8.53. The number of hydrogen-bond acceptors (Lipinski definition) is 5. The lowest BCUT2D eigenvalue weighted by atomic mass is 10.2. The van der Waals surface area contributed by atoms with Crippen molar-refractivity contribution in [3.8, 4) is 5.75 Å². The van der Waals surface area contributed by atoms with Gasteiger partial charge in [-0.2, -0.15) is 0 Å².